The van der Waals surface area contributed by atoms with Crippen LogP contribution in [0.4, 0.5) is 8.78 Å². The Bertz CT molecular complexity index is 126. The summed E-state index contributed by atoms with van der Waals surface area (Å²) in [6.45, 7) is 13.3. The molecule has 0 spiro atoms. The molecule has 0 N–H and O–H groups in total. The molecule has 0 aliphatic carbocycles. The normalized spacial score (nSPS) is 9.57. The van der Waals surface area contributed by atoms with Crippen LogP contribution in [0.3, 0.4) is 0 Å². The van der Waals surface area contributed by atoms with E-state index in [-0.39, 0.29) is 6.42 Å². The molecule has 0 rings (SSSR count). The summed E-state index contributed by atoms with van der Waals surface area (Å²) in [6, 6.07) is 0. The van der Waals surface area contributed by atoms with Crippen molar-refractivity contribution in [3.8, 4) is 0 Å². The van der Waals surface area contributed by atoms with Crippen molar-refractivity contribution in [2.24, 2.45) is 0 Å². The largest absolute Gasteiger partial charge is 0.242 e. The standard InChI is InChI=1S/C8H12F2.2C2H6/c1-3-5-7(4-2)6-8(9)10;2*1-2/h4-5,8H,2-3,6H2,1H3;2*1-2H3/b7-5+;;. The van der Waals surface area contributed by atoms with Gasteiger partial charge in [0.2, 0.25) is 6.43 Å². The number of alkyl halides is 2. The van der Waals surface area contributed by atoms with Crippen molar-refractivity contribution in [2.75, 3.05) is 0 Å². The van der Waals surface area contributed by atoms with E-state index in [4.69, 9.17) is 0 Å². The van der Waals surface area contributed by atoms with Crippen molar-refractivity contribution >= 4 is 0 Å². The highest BCUT2D eigenvalue weighted by Gasteiger charge is 2.02. The molecule has 0 aliphatic rings. The molecule has 0 aromatic rings. The maximum absolute atomic E-state index is 11.7. The molecule has 0 nitrogen and oxygen atoms in total. The van der Waals surface area contributed by atoms with Crippen LogP contribution >= 0.6 is 0 Å². The van der Waals surface area contributed by atoms with Gasteiger partial charge in [0, 0.05) is 6.42 Å². The Balaban J connectivity index is -0.000000266. The summed E-state index contributed by atoms with van der Waals surface area (Å²) >= 11 is 0. The SMILES string of the molecule is C=C/C(=C\CC)CC(F)F.CC.CC. The second kappa shape index (κ2) is 18.2. The molecule has 0 saturated heterocycles. The van der Waals surface area contributed by atoms with Gasteiger partial charge in [-0.05, 0) is 12.0 Å². The van der Waals surface area contributed by atoms with Crippen LogP contribution in [-0.2, 0) is 0 Å². The van der Waals surface area contributed by atoms with Crippen molar-refractivity contribution < 1.29 is 8.78 Å². The predicted octanol–water partition coefficient (Wildman–Crippen LogP) is 5.22. The van der Waals surface area contributed by atoms with Crippen molar-refractivity contribution in [3.05, 3.63) is 24.3 Å². The fraction of sp³-hybridized carbons (Fsp3) is 0.667. The van der Waals surface area contributed by atoms with E-state index in [2.05, 4.69) is 6.58 Å². The smallest absolute Gasteiger partial charge is 0.210 e. The van der Waals surface area contributed by atoms with Gasteiger partial charge in [-0.1, -0.05) is 53.3 Å². The molecule has 0 unspecified atom stereocenters. The Morgan fingerprint density at radius 3 is 1.86 bits per heavy atom. The highest BCUT2D eigenvalue weighted by molar-refractivity contribution is 5.15. The summed E-state index contributed by atoms with van der Waals surface area (Å²) in [5.41, 5.74) is 0.637. The van der Waals surface area contributed by atoms with E-state index in [9.17, 15) is 8.78 Å². The predicted molar refractivity (Wildman–Crippen MR) is 61.9 cm³/mol. The quantitative estimate of drug-likeness (QED) is 0.553. The lowest BCUT2D eigenvalue weighted by Gasteiger charge is -1.98. The molecular weight excluding hydrogens is 182 g/mol. The average molecular weight is 206 g/mol. The zero-order chi connectivity index (χ0) is 12.0. The number of halogens is 2. The molecule has 0 heterocycles. The maximum atomic E-state index is 11.7. The molecule has 0 aromatic carbocycles. The third kappa shape index (κ3) is 17.4. The third-order valence-electron chi connectivity index (χ3n) is 1.12. The molecular formula is C12H24F2. The van der Waals surface area contributed by atoms with Gasteiger partial charge < -0.3 is 0 Å². The average Bonchev–Trinajstić information content (AvgIpc) is 2.22. The van der Waals surface area contributed by atoms with Crippen LogP contribution in [0.2, 0.25) is 0 Å². The molecule has 0 radical (unpaired) electrons. The first-order valence-electron chi connectivity index (χ1n) is 5.30. The van der Waals surface area contributed by atoms with Crippen LogP contribution in [0.25, 0.3) is 0 Å². The van der Waals surface area contributed by atoms with Crippen LogP contribution in [0.1, 0.15) is 47.5 Å². The Morgan fingerprint density at radius 2 is 1.64 bits per heavy atom. The first kappa shape index (κ1) is 19.0. The van der Waals surface area contributed by atoms with Crippen molar-refractivity contribution in [1.82, 2.24) is 0 Å². The van der Waals surface area contributed by atoms with Gasteiger partial charge in [-0.25, -0.2) is 8.78 Å². The van der Waals surface area contributed by atoms with Crippen LogP contribution in [-0.4, -0.2) is 6.43 Å². The van der Waals surface area contributed by atoms with Gasteiger partial charge in [0.1, 0.15) is 0 Å². The summed E-state index contributed by atoms with van der Waals surface area (Å²) in [5.74, 6) is 0. The second-order valence-corrected chi connectivity index (χ2v) is 1.99. The molecule has 14 heavy (non-hydrogen) atoms. The molecule has 2 heteroatoms. The Hall–Kier alpha value is -0.660. The lowest BCUT2D eigenvalue weighted by atomic mass is 10.1. The first-order valence-corrected chi connectivity index (χ1v) is 5.30. The first-order chi connectivity index (χ1) is 6.70. The highest BCUT2D eigenvalue weighted by atomic mass is 19.3. The van der Waals surface area contributed by atoms with E-state index < -0.39 is 6.43 Å². The van der Waals surface area contributed by atoms with Gasteiger partial charge in [0.15, 0.2) is 0 Å². The second-order valence-electron chi connectivity index (χ2n) is 1.99. The number of allylic oxidation sites excluding steroid dienone is 3. The Labute approximate surface area is 87.7 Å². The lowest BCUT2D eigenvalue weighted by molar-refractivity contribution is 0.150. The van der Waals surface area contributed by atoms with Gasteiger partial charge >= 0.3 is 0 Å². The molecule has 0 amide bonds. The van der Waals surface area contributed by atoms with E-state index in [1.54, 1.807) is 6.08 Å². The molecule has 0 bridgehead atoms. The summed E-state index contributed by atoms with van der Waals surface area (Å²) in [5, 5.41) is 0. The zero-order valence-electron chi connectivity index (χ0n) is 10.1. The van der Waals surface area contributed by atoms with E-state index >= 15 is 0 Å². The lowest BCUT2D eigenvalue weighted by Crippen LogP contribution is -1.91. The van der Waals surface area contributed by atoms with E-state index in [1.807, 2.05) is 34.6 Å². The number of rotatable bonds is 4. The Kier molecular flexibility index (Phi) is 24.7. The summed E-state index contributed by atoms with van der Waals surface area (Å²) in [6.07, 6.45) is 1.61. The van der Waals surface area contributed by atoms with Crippen LogP contribution < -0.4 is 0 Å². The van der Waals surface area contributed by atoms with Crippen molar-refractivity contribution in [3.63, 3.8) is 0 Å². The summed E-state index contributed by atoms with van der Waals surface area (Å²) in [7, 11) is 0. The highest BCUT2D eigenvalue weighted by Crippen LogP contribution is 2.10. The molecule has 86 valence electrons. The summed E-state index contributed by atoms with van der Waals surface area (Å²) < 4.78 is 23.4. The minimum Gasteiger partial charge on any atom is -0.210 e. The van der Waals surface area contributed by atoms with Gasteiger partial charge in [-0.15, -0.1) is 0 Å². The number of hydrogen-bond donors (Lipinski definition) is 0. The van der Waals surface area contributed by atoms with Crippen LogP contribution in [0.15, 0.2) is 24.3 Å². The topological polar surface area (TPSA) is 0 Å². The fourth-order valence-corrected chi connectivity index (χ4v) is 0.690. The molecule has 0 saturated carbocycles. The van der Waals surface area contributed by atoms with E-state index in [0.717, 1.165) is 6.42 Å². The molecule has 0 atom stereocenters. The van der Waals surface area contributed by atoms with Gasteiger partial charge in [-0.2, -0.15) is 0 Å². The minimum atomic E-state index is -2.25. The van der Waals surface area contributed by atoms with E-state index in [1.165, 1.54) is 6.08 Å². The van der Waals surface area contributed by atoms with E-state index in [0.29, 0.717) is 5.57 Å². The van der Waals surface area contributed by atoms with Crippen LogP contribution in [0.5, 0.6) is 0 Å². The maximum Gasteiger partial charge on any atom is 0.242 e. The number of hydrogen-bond acceptors (Lipinski definition) is 0. The van der Waals surface area contributed by atoms with Crippen LogP contribution in [0, 0.1) is 0 Å². The monoisotopic (exact) mass is 206 g/mol. The minimum absolute atomic E-state index is 0.169. The fourth-order valence-electron chi connectivity index (χ4n) is 0.690. The van der Waals surface area contributed by atoms with Gasteiger partial charge in [0.05, 0.1) is 0 Å². The van der Waals surface area contributed by atoms with Crippen molar-refractivity contribution in [2.45, 2.75) is 53.9 Å². The van der Waals surface area contributed by atoms with Crippen molar-refractivity contribution in [1.29, 1.82) is 0 Å². The molecule has 0 aromatic heterocycles. The third-order valence-corrected chi connectivity index (χ3v) is 1.12. The zero-order valence-corrected chi connectivity index (χ0v) is 10.1. The Morgan fingerprint density at radius 1 is 1.21 bits per heavy atom. The molecule has 0 aliphatic heterocycles. The van der Waals surface area contributed by atoms with Gasteiger partial charge in [0.25, 0.3) is 0 Å². The van der Waals surface area contributed by atoms with Gasteiger partial charge in [-0.3, -0.25) is 0 Å². The summed E-state index contributed by atoms with van der Waals surface area (Å²) in [4.78, 5) is 0. The molecule has 0 fully saturated rings.